The molecule has 6 nitrogen and oxygen atoms in total. The molecule has 0 aliphatic rings. The van der Waals surface area contributed by atoms with E-state index in [1.165, 1.54) is 6.33 Å². The van der Waals surface area contributed by atoms with Crippen LogP contribution in [-0.4, -0.2) is 19.9 Å². The minimum atomic E-state index is 0.658. The van der Waals surface area contributed by atoms with Gasteiger partial charge in [0.15, 0.2) is 5.82 Å². The first kappa shape index (κ1) is 13.2. The van der Waals surface area contributed by atoms with Crippen LogP contribution in [0.15, 0.2) is 30.7 Å². The number of nitrogen functional groups attached to an aromatic ring is 1. The summed E-state index contributed by atoms with van der Waals surface area (Å²) in [6, 6.07) is 5.72. The number of hydrogen-bond acceptors (Lipinski definition) is 6. The van der Waals surface area contributed by atoms with Crippen LogP contribution in [-0.2, 0) is 6.42 Å². The first-order chi connectivity index (χ1) is 10.2. The Balaban J connectivity index is 2.09. The molecule has 3 rings (SSSR count). The smallest absolute Gasteiger partial charge is 0.160 e. The van der Waals surface area contributed by atoms with Gasteiger partial charge in [-0.25, -0.2) is 19.9 Å². The average molecular weight is 280 g/mol. The predicted molar refractivity (Wildman–Crippen MR) is 83.4 cm³/mol. The highest BCUT2D eigenvalue weighted by Gasteiger charge is 2.08. The van der Waals surface area contributed by atoms with E-state index in [1.807, 2.05) is 32.0 Å². The normalized spacial score (nSPS) is 10.8. The first-order valence-electron chi connectivity index (χ1n) is 6.77. The fourth-order valence-corrected chi connectivity index (χ4v) is 2.05. The second kappa shape index (κ2) is 5.32. The van der Waals surface area contributed by atoms with Crippen molar-refractivity contribution in [2.45, 2.75) is 20.3 Å². The average Bonchev–Trinajstić information content (AvgIpc) is 2.51. The van der Waals surface area contributed by atoms with E-state index in [1.54, 1.807) is 6.20 Å². The van der Waals surface area contributed by atoms with Crippen molar-refractivity contribution in [3.63, 3.8) is 0 Å². The maximum atomic E-state index is 5.84. The standard InChI is InChI=1S/C15H16N6/c1-3-13-17-7-12-14(21-13)15(19-8-18-12)20-11-6-10(16)5-4-9(11)2/h4-8H,3,16H2,1-2H3,(H,18,19,20). The second-order valence-corrected chi connectivity index (χ2v) is 4.80. The molecular formula is C15H16N6. The maximum absolute atomic E-state index is 5.84. The lowest BCUT2D eigenvalue weighted by Gasteiger charge is -2.11. The van der Waals surface area contributed by atoms with Crippen molar-refractivity contribution in [1.29, 1.82) is 0 Å². The van der Waals surface area contributed by atoms with Crippen LogP contribution in [0.1, 0.15) is 18.3 Å². The Morgan fingerprint density at radius 2 is 2.05 bits per heavy atom. The molecule has 3 N–H and O–H groups in total. The number of hydrogen-bond donors (Lipinski definition) is 2. The van der Waals surface area contributed by atoms with Gasteiger partial charge in [-0.05, 0) is 24.6 Å². The van der Waals surface area contributed by atoms with E-state index in [-0.39, 0.29) is 0 Å². The summed E-state index contributed by atoms with van der Waals surface area (Å²) < 4.78 is 0. The summed E-state index contributed by atoms with van der Waals surface area (Å²) in [6.45, 7) is 4.03. The van der Waals surface area contributed by atoms with Gasteiger partial charge in [-0.1, -0.05) is 13.0 Å². The molecule has 0 atom stereocenters. The van der Waals surface area contributed by atoms with Gasteiger partial charge in [-0.15, -0.1) is 0 Å². The van der Waals surface area contributed by atoms with Gasteiger partial charge >= 0.3 is 0 Å². The van der Waals surface area contributed by atoms with Crippen LogP contribution in [0.3, 0.4) is 0 Å². The minimum absolute atomic E-state index is 0.658. The Hall–Kier alpha value is -2.76. The van der Waals surface area contributed by atoms with Crippen LogP contribution in [0, 0.1) is 6.92 Å². The molecule has 106 valence electrons. The molecule has 0 saturated heterocycles. The Labute approximate surface area is 122 Å². The van der Waals surface area contributed by atoms with Gasteiger partial charge in [0.2, 0.25) is 0 Å². The van der Waals surface area contributed by atoms with E-state index in [0.29, 0.717) is 22.5 Å². The number of aryl methyl sites for hydroxylation is 2. The Kier molecular flexibility index (Phi) is 3.35. The van der Waals surface area contributed by atoms with E-state index >= 15 is 0 Å². The van der Waals surface area contributed by atoms with Gasteiger partial charge in [0, 0.05) is 17.8 Å². The third-order valence-corrected chi connectivity index (χ3v) is 3.26. The number of nitrogens with zero attached hydrogens (tertiary/aromatic N) is 4. The molecule has 0 aliphatic heterocycles. The zero-order chi connectivity index (χ0) is 14.8. The summed E-state index contributed by atoms with van der Waals surface area (Å²) in [4.78, 5) is 17.3. The van der Waals surface area contributed by atoms with Gasteiger partial charge in [-0.2, -0.15) is 0 Å². The van der Waals surface area contributed by atoms with Crippen molar-refractivity contribution in [2.75, 3.05) is 11.1 Å². The molecule has 0 radical (unpaired) electrons. The van der Waals surface area contributed by atoms with E-state index in [0.717, 1.165) is 23.5 Å². The molecule has 6 heteroatoms. The van der Waals surface area contributed by atoms with E-state index < -0.39 is 0 Å². The highest BCUT2D eigenvalue weighted by molar-refractivity contribution is 5.86. The fourth-order valence-electron chi connectivity index (χ4n) is 2.05. The molecule has 0 aliphatic carbocycles. The number of benzene rings is 1. The second-order valence-electron chi connectivity index (χ2n) is 4.80. The Morgan fingerprint density at radius 1 is 1.19 bits per heavy atom. The summed E-state index contributed by atoms with van der Waals surface area (Å²) in [7, 11) is 0. The molecule has 0 bridgehead atoms. The van der Waals surface area contributed by atoms with Crippen molar-refractivity contribution in [1.82, 2.24) is 19.9 Å². The van der Waals surface area contributed by atoms with E-state index in [2.05, 4.69) is 25.3 Å². The summed E-state index contributed by atoms with van der Waals surface area (Å²) >= 11 is 0. The predicted octanol–water partition coefficient (Wildman–Crippen LogP) is 2.62. The van der Waals surface area contributed by atoms with Gasteiger partial charge in [0.25, 0.3) is 0 Å². The van der Waals surface area contributed by atoms with E-state index in [4.69, 9.17) is 5.73 Å². The van der Waals surface area contributed by atoms with Gasteiger partial charge < -0.3 is 11.1 Å². The Morgan fingerprint density at radius 3 is 2.86 bits per heavy atom. The number of fused-ring (bicyclic) bond motifs is 1. The van der Waals surface area contributed by atoms with Crippen LogP contribution in [0.25, 0.3) is 11.0 Å². The molecule has 2 heterocycles. The molecule has 21 heavy (non-hydrogen) atoms. The highest BCUT2D eigenvalue weighted by Crippen LogP contribution is 2.25. The van der Waals surface area contributed by atoms with Crippen molar-refractivity contribution >= 4 is 28.2 Å². The zero-order valence-electron chi connectivity index (χ0n) is 12.0. The van der Waals surface area contributed by atoms with Crippen LogP contribution in [0.2, 0.25) is 0 Å². The molecule has 0 saturated carbocycles. The first-order valence-corrected chi connectivity index (χ1v) is 6.77. The van der Waals surface area contributed by atoms with E-state index in [9.17, 15) is 0 Å². The van der Waals surface area contributed by atoms with Gasteiger partial charge in [-0.3, -0.25) is 0 Å². The number of nitrogens with one attached hydrogen (secondary N) is 1. The number of anilines is 3. The van der Waals surface area contributed by atoms with Crippen molar-refractivity contribution < 1.29 is 0 Å². The quantitative estimate of drug-likeness (QED) is 0.717. The molecule has 3 aromatic rings. The van der Waals surface area contributed by atoms with Gasteiger partial charge in [0.1, 0.15) is 23.2 Å². The van der Waals surface area contributed by atoms with Crippen LogP contribution in [0.4, 0.5) is 17.2 Å². The van der Waals surface area contributed by atoms with Crippen molar-refractivity contribution in [3.05, 3.63) is 42.1 Å². The molecule has 2 aromatic heterocycles. The third-order valence-electron chi connectivity index (χ3n) is 3.26. The van der Waals surface area contributed by atoms with Crippen molar-refractivity contribution in [3.8, 4) is 0 Å². The zero-order valence-corrected chi connectivity index (χ0v) is 12.0. The van der Waals surface area contributed by atoms with Crippen LogP contribution < -0.4 is 11.1 Å². The summed E-state index contributed by atoms with van der Waals surface area (Å²) in [5.74, 6) is 1.43. The number of aromatic nitrogens is 4. The largest absolute Gasteiger partial charge is 0.399 e. The monoisotopic (exact) mass is 280 g/mol. The lowest BCUT2D eigenvalue weighted by Crippen LogP contribution is -2.02. The van der Waals surface area contributed by atoms with Gasteiger partial charge in [0.05, 0.1) is 6.20 Å². The molecule has 1 aromatic carbocycles. The summed E-state index contributed by atoms with van der Waals surface area (Å²) in [6.07, 6.45) is 3.99. The maximum Gasteiger partial charge on any atom is 0.160 e. The lowest BCUT2D eigenvalue weighted by atomic mass is 10.2. The fraction of sp³-hybridized carbons (Fsp3) is 0.200. The number of nitrogens with two attached hydrogens (primary N) is 1. The summed E-state index contributed by atoms with van der Waals surface area (Å²) in [5.41, 5.74) is 9.96. The summed E-state index contributed by atoms with van der Waals surface area (Å²) in [5, 5.41) is 3.29. The minimum Gasteiger partial charge on any atom is -0.399 e. The topological polar surface area (TPSA) is 89.6 Å². The molecule has 0 amide bonds. The third kappa shape index (κ3) is 2.60. The lowest BCUT2D eigenvalue weighted by molar-refractivity contribution is 0.954. The van der Waals surface area contributed by atoms with Crippen LogP contribution >= 0.6 is 0 Å². The van der Waals surface area contributed by atoms with Crippen LogP contribution in [0.5, 0.6) is 0 Å². The molecular weight excluding hydrogens is 264 g/mol. The Bertz CT molecular complexity index is 799. The SMILES string of the molecule is CCc1ncc2ncnc(Nc3cc(N)ccc3C)c2n1. The highest BCUT2D eigenvalue weighted by atomic mass is 15.1. The molecule has 0 spiro atoms. The molecule has 0 fully saturated rings. The molecule has 0 unspecified atom stereocenters. The number of rotatable bonds is 3. The van der Waals surface area contributed by atoms with Crippen molar-refractivity contribution in [2.24, 2.45) is 0 Å².